The fourth-order valence-electron chi connectivity index (χ4n) is 1.55. The number of carbonyl (C=O) groups is 1. The molecule has 0 aliphatic heterocycles. The summed E-state index contributed by atoms with van der Waals surface area (Å²) in [5, 5.41) is 2.72. The third kappa shape index (κ3) is 4.03. The van der Waals surface area contributed by atoms with Crippen LogP contribution in [0.25, 0.3) is 0 Å². The summed E-state index contributed by atoms with van der Waals surface area (Å²) in [5.41, 5.74) is 6.49. The van der Waals surface area contributed by atoms with Gasteiger partial charge in [0, 0.05) is 19.2 Å². The van der Waals surface area contributed by atoms with E-state index in [1.807, 2.05) is 6.92 Å². The molecule has 0 aliphatic rings. The first-order chi connectivity index (χ1) is 9.13. The van der Waals surface area contributed by atoms with Crippen LogP contribution in [0.3, 0.4) is 0 Å². The molecule has 0 aliphatic carbocycles. The van der Waals surface area contributed by atoms with Gasteiger partial charge >= 0.3 is 0 Å². The Morgan fingerprint density at radius 3 is 2.63 bits per heavy atom. The maximum absolute atomic E-state index is 12.0. The van der Waals surface area contributed by atoms with Gasteiger partial charge in [-0.1, -0.05) is 0 Å². The van der Waals surface area contributed by atoms with Crippen LogP contribution >= 0.6 is 0 Å². The minimum atomic E-state index is -0.283. The molecule has 1 rings (SSSR count). The first-order valence-electron chi connectivity index (χ1n) is 6.01. The van der Waals surface area contributed by atoms with E-state index in [0.29, 0.717) is 36.8 Å². The number of ether oxygens (including phenoxy) is 3. The Balaban J connectivity index is 2.83. The molecule has 0 unspecified atom stereocenters. The summed E-state index contributed by atoms with van der Waals surface area (Å²) in [6, 6.07) is 3.21. The first kappa shape index (κ1) is 15.1. The molecule has 6 nitrogen and oxygen atoms in total. The normalized spacial score (nSPS) is 10.1. The SMILES string of the molecule is CCOCCNC(=O)c1cc(OC)cc(OC)c1N. The number of hydrogen-bond acceptors (Lipinski definition) is 5. The summed E-state index contributed by atoms with van der Waals surface area (Å²) in [5.74, 6) is 0.643. The second-order valence-electron chi connectivity index (χ2n) is 3.74. The number of anilines is 1. The lowest BCUT2D eigenvalue weighted by Gasteiger charge is -2.12. The number of nitrogen functional groups attached to an aromatic ring is 1. The van der Waals surface area contributed by atoms with Crippen LogP contribution in [0.4, 0.5) is 5.69 Å². The molecule has 1 amide bonds. The van der Waals surface area contributed by atoms with E-state index < -0.39 is 0 Å². The number of benzene rings is 1. The average molecular weight is 268 g/mol. The summed E-state index contributed by atoms with van der Waals surface area (Å²) >= 11 is 0. The lowest BCUT2D eigenvalue weighted by atomic mass is 10.1. The Kier molecular flexibility index (Phi) is 5.95. The summed E-state index contributed by atoms with van der Waals surface area (Å²) in [4.78, 5) is 12.0. The summed E-state index contributed by atoms with van der Waals surface area (Å²) in [6.45, 7) is 3.40. The highest BCUT2D eigenvalue weighted by atomic mass is 16.5. The largest absolute Gasteiger partial charge is 0.497 e. The number of rotatable bonds is 7. The average Bonchev–Trinajstić information content (AvgIpc) is 2.43. The van der Waals surface area contributed by atoms with Crippen molar-refractivity contribution in [3.63, 3.8) is 0 Å². The summed E-state index contributed by atoms with van der Waals surface area (Å²) in [6.07, 6.45) is 0. The van der Waals surface area contributed by atoms with Crippen molar-refractivity contribution in [3.05, 3.63) is 17.7 Å². The van der Waals surface area contributed by atoms with Gasteiger partial charge in [0.1, 0.15) is 11.5 Å². The summed E-state index contributed by atoms with van der Waals surface area (Å²) in [7, 11) is 3.00. The van der Waals surface area contributed by atoms with Crippen LogP contribution in [0.5, 0.6) is 11.5 Å². The second-order valence-corrected chi connectivity index (χ2v) is 3.74. The molecule has 1 aromatic rings. The fourth-order valence-corrected chi connectivity index (χ4v) is 1.55. The monoisotopic (exact) mass is 268 g/mol. The van der Waals surface area contributed by atoms with Gasteiger partial charge in [-0.05, 0) is 13.0 Å². The lowest BCUT2D eigenvalue weighted by molar-refractivity contribution is 0.0923. The fraction of sp³-hybridized carbons (Fsp3) is 0.462. The lowest BCUT2D eigenvalue weighted by Crippen LogP contribution is -2.28. The Bertz CT molecular complexity index is 435. The zero-order chi connectivity index (χ0) is 14.3. The highest BCUT2D eigenvalue weighted by Crippen LogP contribution is 2.30. The van der Waals surface area contributed by atoms with Crippen molar-refractivity contribution >= 4 is 11.6 Å². The molecule has 0 saturated heterocycles. The quantitative estimate of drug-likeness (QED) is 0.570. The molecular formula is C13H20N2O4. The van der Waals surface area contributed by atoms with Gasteiger partial charge in [0.05, 0.1) is 32.1 Å². The van der Waals surface area contributed by atoms with Crippen LogP contribution in [0.1, 0.15) is 17.3 Å². The molecule has 6 heteroatoms. The Morgan fingerprint density at radius 2 is 2.05 bits per heavy atom. The molecular weight excluding hydrogens is 248 g/mol. The van der Waals surface area contributed by atoms with Gasteiger partial charge < -0.3 is 25.3 Å². The zero-order valence-electron chi connectivity index (χ0n) is 11.5. The molecule has 3 N–H and O–H groups in total. The van der Waals surface area contributed by atoms with Crippen LogP contribution in [0.15, 0.2) is 12.1 Å². The van der Waals surface area contributed by atoms with Gasteiger partial charge in [0.2, 0.25) is 0 Å². The Morgan fingerprint density at radius 1 is 1.32 bits per heavy atom. The van der Waals surface area contributed by atoms with E-state index in [4.69, 9.17) is 19.9 Å². The van der Waals surface area contributed by atoms with Crippen LogP contribution in [-0.4, -0.2) is 39.9 Å². The molecule has 1 aromatic carbocycles. The zero-order valence-corrected chi connectivity index (χ0v) is 11.5. The number of amides is 1. The van der Waals surface area contributed by atoms with Gasteiger partial charge in [0.15, 0.2) is 0 Å². The van der Waals surface area contributed by atoms with E-state index in [9.17, 15) is 4.79 Å². The Labute approximate surface area is 112 Å². The van der Waals surface area contributed by atoms with Gasteiger partial charge in [0.25, 0.3) is 5.91 Å². The van der Waals surface area contributed by atoms with Crippen LogP contribution in [0, 0.1) is 0 Å². The first-order valence-corrected chi connectivity index (χ1v) is 6.01. The van der Waals surface area contributed by atoms with E-state index in [2.05, 4.69) is 5.32 Å². The number of carbonyl (C=O) groups excluding carboxylic acids is 1. The van der Waals surface area contributed by atoms with Crippen molar-refractivity contribution in [2.24, 2.45) is 0 Å². The third-order valence-electron chi connectivity index (χ3n) is 2.55. The maximum atomic E-state index is 12.0. The predicted molar refractivity (Wildman–Crippen MR) is 72.8 cm³/mol. The van der Waals surface area contributed by atoms with E-state index in [1.54, 1.807) is 12.1 Å². The van der Waals surface area contributed by atoms with Crippen molar-refractivity contribution in [2.75, 3.05) is 39.7 Å². The predicted octanol–water partition coefficient (Wildman–Crippen LogP) is 1.05. The van der Waals surface area contributed by atoms with Crippen molar-refractivity contribution in [1.29, 1.82) is 0 Å². The third-order valence-corrected chi connectivity index (χ3v) is 2.55. The van der Waals surface area contributed by atoms with Gasteiger partial charge in [-0.3, -0.25) is 4.79 Å². The highest BCUT2D eigenvalue weighted by molar-refractivity contribution is 6.00. The van der Waals surface area contributed by atoms with Crippen LogP contribution in [-0.2, 0) is 4.74 Å². The minimum absolute atomic E-state index is 0.283. The number of methoxy groups -OCH3 is 2. The highest BCUT2D eigenvalue weighted by Gasteiger charge is 2.15. The second kappa shape index (κ2) is 7.48. The van der Waals surface area contributed by atoms with Gasteiger partial charge in [-0.15, -0.1) is 0 Å². The number of hydrogen-bond donors (Lipinski definition) is 2. The number of nitrogens with one attached hydrogen (secondary N) is 1. The van der Waals surface area contributed by atoms with Crippen molar-refractivity contribution in [3.8, 4) is 11.5 Å². The van der Waals surface area contributed by atoms with Crippen LogP contribution < -0.4 is 20.5 Å². The molecule has 0 saturated carbocycles. The number of nitrogens with two attached hydrogens (primary N) is 1. The van der Waals surface area contributed by atoms with Crippen molar-refractivity contribution < 1.29 is 19.0 Å². The molecule has 0 radical (unpaired) electrons. The van der Waals surface area contributed by atoms with E-state index in [-0.39, 0.29) is 11.6 Å². The van der Waals surface area contributed by atoms with E-state index in [1.165, 1.54) is 14.2 Å². The molecule has 106 valence electrons. The summed E-state index contributed by atoms with van der Waals surface area (Å²) < 4.78 is 15.4. The maximum Gasteiger partial charge on any atom is 0.253 e. The molecule has 0 bridgehead atoms. The van der Waals surface area contributed by atoms with Gasteiger partial charge in [-0.25, -0.2) is 0 Å². The standard InChI is InChI=1S/C13H20N2O4/c1-4-19-6-5-15-13(16)10-7-9(17-2)8-11(18-3)12(10)14/h7-8H,4-6,14H2,1-3H3,(H,15,16). The topological polar surface area (TPSA) is 82.8 Å². The van der Waals surface area contributed by atoms with E-state index in [0.717, 1.165) is 0 Å². The molecule has 0 fully saturated rings. The molecule has 0 atom stereocenters. The molecule has 0 aromatic heterocycles. The smallest absolute Gasteiger partial charge is 0.253 e. The minimum Gasteiger partial charge on any atom is -0.497 e. The Hall–Kier alpha value is -1.95. The van der Waals surface area contributed by atoms with E-state index >= 15 is 0 Å². The van der Waals surface area contributed by atoms with Crippen molar-refractivity contribution in [2.45, 2.75) is 6.92 Å². The van der Waals surface area contributed by atoms with Gasteiger partial charge in [-0.2, -0.15) is 0 Å². The molecule has 0 spiro atoms. The molecule has 19 heavy (non-hydrogen) atoms. The molecule has 0 heterocycles. The van der Waals surface area contributed by atoms with Crippen molar-refractivity contribution in [1.82, 2.24) is 5.32 Å². The van der Waals surface area contributed by atoms with Crippen LogP contribution in [0.2, 0.25) is 0 Å².